The summed E-state index contributed by atoms with van der Waals surface area (Å²) in [6, 6.07) is 25.8. The first-order valence-corrected chi connectivity index (χ1v) is 12.3. The Balaban J connectivity index is 1.51. The van der Waals surface area contributed by atoms with Crippen LogP contribution in [0.2, 0.25) is 0 Å². The summed E-state index contributed by atoms with van der Waals surface area (Å²) < 4.78 is 7.70. The average Bonchev–Trinajstić information content (AvgIpc) is 3.42. The summed E-state index contributed by atoms with van der Waals surface area (Å²) in [5.41, 5.74) is 5.72. The lowest BCUT2D eigenvalue weighted by molar-refractivity contribution is -0.122. The van der Waals surface area contributed by atoms with Crippen molar-refractivity contribution >= 4 is 40.3 Å². The van der Waals surface area contributed by atoms with E-state index in [0.29, 0.717) is 15.8 Å². The Morgan fingerprint density at radius 1 is 1.00 bits per heavy atom. The minimum absolute atomic E-state index is 0.0892. The SMILES string of the molecule is COc1ccc(-c2nn(-c3ccccc3)cc2C=C2SC(=S)N(Cc3ccc(C)cc3)C2=O)cc1. The highest BCUT2D eigenvalue weighted by Crippen LogP contribution is 2.36. The van der Waals surface area contributed by atoms with Crippen LogP contribution in [0.1, 0.15) is 16.7 Å². The maximum atomic E-state index is 13.3. The summed E-state index contributed by atoms with van der Waals surface area (Å²) in [4.78, 5) is 15.6. The van der Waals surface area contributed by atoms with Gasteiger partial charge in [0.2, 0.25) is 0 Å². The van der Waals surface area contributed by atoms with Crippen LogP contribution in [0.15, 0.2) is 90.0 Å². The van der Waals surface area contributed by atoms with Crippen LogP contribution in [0.4, 0.5) is 0 Å². The van der Waals surface area contributed by atoms with E-state index in [4.69, 9.17) is 22.1 Å². The Morgan fingerprint density at radius 3 is 2.40 bits per heavy atom. The Morgan fingerprint density at radius 2 is 1.71 bits per heavy atom. The minimum atomic E-state index is -0.0892. The van der Waals surface area contributed by atoms with Gasteiger partial charge >= 0.3 is 0 Å². The molecule has 1 aromatic heterocycles. The van der Waals surface area contributed by atoms with Crippen LogP contribution in [-0.2, 0) is 11.3 Å². The van der Waals surface area contributed by atoms with Gasteiger partial charge in [-0.05, 0) is 55.0 Å². The highest BCUT2D eigenvalue weighted by Gasteiger charge is 2.32. The van der Waals surface area contributed by atoms with Crippen molar-refractivity contribution in [3.05, 3.63) is 107 Å². The number of rotatable bonds is 6. The molecule has 0 aliphatic carbocycles. The summed E-state index contributed by atoms with van der Waals surface area (Å²) in [5, 5.41) is 4.85. The van der Waals surface area contributed by atoms with Crippen molar-refractivity contribution in [3.8, 4) is 22.7 Å². The summed E-state index contributed by atoms with van der Waals surface area (Å²) >= 11 is 6.89. The molecule has 3 aromatic carbocycles. The molecular weight excluding hydrogens is 474 g/mol. The van der Waals surface area contributed by atoms with Crippen LogP contribution in [0.3, 0.4) is 0 Å². The van der Waals surface area contributed by atoms with Gasteiger partial charge in [0.25, 0.3) is 5.91 Å². The van der Waals surface area contributed by atoms with Gasteiger partial charge < -0.3 is 4.74 Å². The smallest absolute Gasteiger partial charge is 0.266 e. The van der Waals surface area contributed by atoms with Gasteiger partial charge in [0.05, 0.1) is 29.9 Å². The van der Waals surface area contributed by atoms with Crippen LogP contribution in [0.25, 0.3) is 23.0 Å². The van der Waals surface area contributed by atoms with E-state index in [1.54, 1.807) is 12.0 Å². The van der Waals surface area contributed by atoms with E-state index in [1.807, 2.05) is 103 Å². The maximum Gasteiger partial charge on any atom is 0.266 e. The van der Waals surface area contributed by atoms with Crippen molar-refractivity contribution in [2.24, 2.45) is 0 Å². The first-order valence-electron chi connectivity index (χ1n) is 11.1. The molecule has 35 heavy (non-hydrogen) atoms. The largest absolute Gasteiger partial charge is 0.497 e. The number of hydrogen-bond donors (Lipinski definition) is 0. The molecule has 0 spiro atoms. The summed E-state index contributed by atoms with van der Waals surface area (Å²) in [6.45, 7) is 2.50. The number of aryl methyl sites for hydroxylation is 1. The number of thiocarbonyl (C=S) groups is 1. The number of aromatic nitrogens is 2. The molecule has 174 valence electrons. The molecule has 5 rings (SSSR count). The van der Waals surface area contributed by atoms with Crippen molar-refractivity contribution in [3.63, 3.8) is 0 Å². The third-order valence-electron chi connectivity index (χ3n) is 5.75. The first-order chi connectivity index (χ1) is 17.0. The zero-order valence-electron chi connectivity index (χ0n) is 19.3. The van der Waals surface area contributed by atoms with Crippen molar-refractivity contribution in [1.29, 1.82) is 0 Å². The predicted molar refractivity (Wildman–Crippen MR) is 145 cm³/mol. The van der Waals surface area contributed by atoms with E-state index in [2.05, 4.69) is 0 Å². The molecule has 2 heterocycles. The van der Waals surface area contributed by atoms with Crippen LogP contribution < -0.4 is 4.74 Å². The van der Waals surface area contributed by atoms with Gasteiger partial charge in [-0.25, -0.2) is 4.68 Å². The standard InChI is InChI=1S/C28H23N3O2S2/c1-19-8-10-20(11-9-19)17-30-27(32)25(35-28(30)34)16-22-18-31(23-6-4-3-5-7-23)29-26(22)21-12-14-24(33-2)15-13-21/h3-16,18H,17H2,1-2H3. The lowest BCUT2D eigenvalue weighted by Crippen LogP contribution is -2.27. The second-order valence-corrected chi connectivity index (χ2v) is 9.87. The molecule has 0 bridgehead atoms. The van der Waals surface area contributed by atoms with Crippen molar-refractivity contribution in [1.82, 2.24) is 14.7 Å². The number of carbonyl (C=O) groups is 1. The molecule has 1 fully saturated rings. The number of para-hydroxylation sites is 1. The zero-order valence-corrected chi connectivity index (χ0v) is 21.0. The van der Waals surface area contributed by atoms with E-state index in [-0.39, 0.29) is 5.91 Å². The van der Waals surface area contributed by atoms with Gasteiger partial charge in [0.15, 0.2) is 0 Å². The number of hydrogen-bond acceptors (Lipinski definition) is 5. The van der Waals surface area contributed by atoms with Gasteiger partial charge in [-0.15, -0.1) is 0 Å². The third-order valence-corrected chi connectivity index (χ3v) is 7.13. The van der Waals surface area contributed by atoms with Gasteiger partial charge in [-0.2, -0.15) is 5.10 Å². The number of thioether (sulfide) groups is 1. The van der Waals surface area contributed by atoms with E-state index in [1.165, 1.54) is 17.3 Å². The second kappa shape index (κ2) is 9.90. The van der Waals surface area contributed by atoms with Crippen LogP contribution in [-0.4, -0.2) is 32.0 Å². The average molecular weight is 498 g/mol. The Bertz CT molecular complexity index is 1410. The Hall–Kier alpha value is -3.68. The molecule has 0 unspecified atom stereocenters. The summed E-state index contributed by atoms with van der Waals surface area (Å²) in [7, 11) is 1.64. The summed E-state index contributed by atoms with van der Waals surface area (Å²) in [5.74, 6) is 0.684. The normalized spacial score (nSPS) is 14.7. The molecule has 0 radical (unpaired) electrons. The molecule has 7 heteroatoms. The van der Waals surface area contributed by atoms with E-state index in [0.717, 1.165) is 33.8 Å². The van der Waals surface area contributed by atoms with E-state index < -0.39 is 0 Å². The van der Waals surface area contributed by atoms with E-state index in [9.17, 15) is 4.79 Å². The molecule has 1 amide bonds. The molecule has 1 aliphatic rings. The van der Waals surface area contributed by atoms with Gasteiger partial charge in [0.1, 0.15) is 10.1 Å². The lowest BCUT2D eigenvalue weighted by Gasteiger charge is -2.14. The molecule has 0 saturated carbocycles. The molecule has 1 aliphatic heterocycles. The fourth-order valence-electron chi connectivity index (χ4n) is 3.83. The molecule has 1 saturated heterocycles. The molecular formula is C28H23N3O2S2. The fraction of sp³-hybridized carbons (Fsp3) is 0.107. The van der Waals surface area contributed by atoms with Gasteiger partial charge in [-0.3, -0.25) is 9.69 Å². The number of ether oxygens (including phenoxy) is 1. The molecule has 5 nitrogen and oxygen atoms in total. The minimum Gasteiger partial charge on any atom is -0.497 e. The monoisotopic (exact) mass is 497 g/mol. The van der Waals surface area contributed by atoms with Crippen molar-refractivity contribution in [2.45, 2.75) is 13.5 Å². The maximum absolute atomic E-state index is 13.3. The number of amides is 1. The first kappa shape index (κ1) is 23.1. The quantitative estimate of drug-likeness (QED) is 0.233. The third kappa shape index (κ3) is 4.92. The topological polar surface area (TPSA) is 47.4 Å². The van der Waals surface area contributed by atoms with Crippen LogP contribution in [0.5, 0.6) is 5.75 Å². The summed E-state index contributed by atoms with van der Waals surface area (Å²) in [6.07, 6.45) is 3.84. The number of nitrogens with zero attached hydrogens (tertiary/aromatic N) is 3. The van der Waals surface area contributed by atoms with Crippen molar-refractivity contribution < 1.29 is 9.53 Å². The lowest BCUT2D eigenvalue weighted by atomic mass is 10.1. The zero-order chi connectivity index (χ0) is 24.4. The Labute approximate surface area is 214 Å². The molecule has 0 N–H and O–H groups in total. The van der Waals surface area contributed by atoms with Crippen LogP contribution >= 0.6 is 24.0 Å². The van der Waals surface area contributed by atoms with Crippen molar-refractivity contribution in [2.75, 3.05) is 7.11 Å². The molecule has 0 atom stereocenters. The number of carbonyl (C=O) groups excluding carboxylic acids is 1. The van der Waals surface area contributed by atoms with Gasteiger partial charge in [-0.1, -0.05) is 72.0 Å². The predicted octanol–water partition coefficient (Wildman–Crippen LogP) is 6.26. The van der Waals surface area contributed by atoms with Crippen LogP contribution in [0, 0.1) is 6.92 Å². The fourth-order valence-corrected chi connectivity index (χ4v) is 5.08. The second-order valence-electron chi connectivity index (χ2n) is 8.20. The highest BCUT2D eigenvalue weighted by molar-refractivity contribution is 8.26. The van der Waals surface area contributed by atoms with Gasteiger partial charge in [0, 0.05) is 17.3 Å². The highest BCUT2D eigenvalue weighted by atomic mass is 32.2. The number of benzene rings is 3. The Kier molecular flexibility index (Phi) is 6.53. The molecule has 4 aromatic rings. The number of methoxy groups -OCH3 is 1. The van der Waals surface area contributed by atoms with E-state index >= 15 is 0 Å².